The van der Waals surface area contributed by atoms with E-state index >= 15 is 0 Å². The molecule has 5 aliphatic heterocycles. The van der Waals surface area contributed by atoms with Gasteiger partial charge in [0.15, 0.2) is 0 Å². The Bertz CT molecular complexity index is 795. The SMILES string of the molecule is CCC[Si](OC)(OC(CC)(CCOCC1CO1)CCOCC1CO1)OC(CCOCC1CO1)(CCOCC1CO1)CCOCC1CO1. The first kappa shape index (κ1) is 37.9. The molecular weight excluding hydrogens is 632 g/mol. The van der Waals surface area contributed by atoms with E-state index in [-0.39, 0.29) is 30.5 Å². The summed E-state index contributed by atoms with van der Waals surface area (Å²) in [6.45, 7) is 13.7. The van der Waals surface area contributed by atoms with Crippen LogP contribution in [0.2, 0.25) is 6.04 Å². The highest BCUT2D eigenvalue weighted by atomic mass is 28.4. The van der Waals surface area contributed by atoms with Crippen molar-refractivity contribution in [2.24, 2.45) is 0 Å². The Balaban J connectivity index is 1.31. The van der Waals surface area contributed by atoms with E-state index in [0.29, 0.717) is 104 Å². The first-order chi connectivity index (χ1) is 23.0. The standard InChI is InChI=1S/C33H60O13Si/c1-4-16-47(34-3,45-32(5-2,6-11-35-17-27-22-40-27)7-12-36-18-28-23-41-28)46-33(8-13-37-19-29-24-42-29,9-14-38-20-30-25-43-30)10-15-39-21-31-26-44-31/h27-31H,4-26H2,1-3H3. The predicted molar refractivity (Wildman–Crippen MR) is 172 cm³/mol. The predicted octanol–water partition coefficient (Wildman–Crippen LogP) is 2.93. The van der Waals surface area contributed by atoms with E-state index in [1.54, 1.807) is 7.11 Å². The van der Waals surface area contributed by atoms with Crippen LogP contribution < -0.4 is 0 Å². The fraction of sp³-hybridized carbons (Fsp3) is 1.00. The van der Waals surface area contributed by atoms with Crippen molar-refractivity contribution in [2.45, 2.75) is 107 Å². The van der Waals surface area contributed by atoms with Crippen LogP contribution in [0.25, 0.3) is 0 Å². The molecule has 13 nitrogen and oxygen atoms in total. The summed E-state index contributed by atoms with van der Waals surface area (Å²) in [5.74, 6) is 0. The summed E-state index contributed by atoms with van der Waals surface area (Å²) in [6.07, 6.45) is 5.92. The van der Waals surface area contributed by atoms with Gasteiger partial charge in [0.25, 0.3) is 0 Å². The molecule has 5 saturated heterocycles. The summed E-state index contributed by atoms with van der Waals surface area (Å²) < 4.78 is 78.3. The largest absolute Gasteiger partial charge is 0.501 e. The molecular formula is C33H60O13Si. The van der Waals surface area contributed by atoms with Gasteiger partial charge >= 0.3 is 8.80 Å². The van der Waals surface area contributed by atoms with Crippen LogP contribution in [-0.2, 0) is 60.6 Å². The van der Waals surface area contributed by atoms with Gasteiger partial charge in [-0.25, -0.2) is 0 Å². The third-order valence-electron chi connectivity index (χ3n) is 9.30. The minimum Gasteiger partial charge on any atom is -0.379 e. The molecule has 47 heavy (non-hydrogen) atoms. The summed E-state index contributed by atoms with van der Waals surface area (Å²) >= 11 is 0. The highest BCUT2D eigenvalue weighted by Crippen LogP contribution is 2.38. The maximum Gasteiger partial charge on any atom is 0.501 e. The molecule has 0 aliphatic carbocycles. The van der Waals surface area contributed by atoms with E-state index < -0.39 is 20.0 Å². The Morgan fingerprint density at radius 2 is 0.809 bits per heavy atom. The molecule has 0 bridgehead atoms. The Labute approximate surface area is 282 Å². The first-order valence-electron chi connectivity index (χ1n) is 17.9. The lowest BCUT2D eigenvalue weighted by molar-refractivity contribution is -0.114. The van der Waals surface area contributed by atoms with Crippen molar-refractivity contribution in [3.05, 3.63) is 0 Å². The van der Waals surface area contributed by atoms with Gasteiger partial charge in [0.1, 0.15) is 30.5 Å². The summed E-state index contributed by atoms with van der Waals surface area (Å²) in [5.41, 5.74) is -1.22. The Morgan fingerprint density at radius 3 is 1.06 bits per heavy atom. The highest BCUT2D eigenvalue weighted by molar-refractivity contribution is 6.60. The molecule has 0 saturated carbocycles. The lowest BCUT2D eigenvalue weighted by Gasteiger charge is -2.46. The minimum atomic E-state index is -3.31. The topological polar surface area (TPSA) is 136 Å². The Morgan fingerprint density at radius 1 is 0.511 bits per heavy atom. The summed E-state index contributed by atoms with van der Waals surface area (Å²) in [7, 11) is -1.58. The van der Waals surface area contributed by atoms with Gasteiger partial charge in [0, 0.05) is 46.2 Å². The van der Waals surface area contributed by atoms with Crippen molar-refractivity contribution in [2.75, 3.05) is 106 Å². The van der Waals surface area contributed by atoms with Crippen LogP contribution in [-0.4, -0.2) is 157 Å². The number of hydrogen-bond acceptors (Lipinski definition) is 13. The monoisotopic (exact) mass is 692 g/mol. The average Bonchev–Trinajstić information content (AvgIpc) is 3.87. The summed E-state index contributed by atoms with van der Waals surface area (Å²) in [4.78, 5) is 0. The molecule has 6 atom stereocenters. The van der Waals surface area contributed by atoms with Gasteiger partial charge in [0.05, 0.1) is 77.3 Å². The fourth-order valence-corrected chi connectivity index (χ4v) is 8.84. The number of epoxide rings is 5. The van der Waals surface area contributed by atoms with Crippen molar-refractivity contribution in [3.63, 3.8) is 0 Å². The Kier molecular flexibility index (Phi) is 15.6. The molecule has 5 aliphatic rings. The molecule has 0 aromatic carbocycles. The van der Waals surface area contributed by atoms with Gasteiger partial charge in [-0.2, -0.15) is 0 Å². The van der Waals surface area contributed by atoms with E-state index in [1.165, 1.54) is 0 Å². The smallest absolute Gasteiger partial charge is 0.379 e. The minimum absolute atomic E-state index is 0.192. The summed E-state index contributed by atoms with van der Waals surface area (Å²) in [6, 6.07) is 0.671. The van der Waals surface area contributed by atoms with Crippen LogP contribution in [0.3, 0.4) is 0 Å². The molecule has 14 heteroatoms. The lowest BCUT2D eigenvalue weighted by atomic mass is 9.92. The average molecular weight is 693 g/mol. The van der Waals surface area contributed by atoms with Gasteiger partial charge in [0.2, 0.25) is 0 Å². The lowest BCUT2D eigenvalue weighted by Crippen LogP contribution is -2.58. The van der Waals surface area contributed by atoms with Gasteiger partial charge in [-0.05, 0) is 38.5 Å². The summed E-state index contributed by atoms with van der Waals surface area (Å²) in [5, 5.41) is 0. The van der Waals surface area contributed by atoms with Crippen LogP contribution in [0.4, 0.5) is 0 Å². The van der Waals surface area contributed by atoms with Crippen LogP contribution in [0.15, 0.2) is 0 Å². The van der Waals surface area contributed by atoms with Crippen LogP contribution in [0.1, 0.15) is 58.8 Å². The van der Waals surface area contributed by atoms with Crippen molar-refractivity contribution in [3.8, 4) is 0 Å². The van der Waals surface area contributed by atoms with Gasteiger partial charge in [-0.3, -0.25) is 0 Å². The number of rotatable bonds is 33. The zero-order valence-corrected chi connectivity index (χ0v) is 30.0. The molecule has 0 aromatic rings. The van der Waals surface area contributed by atoms with E-state index in [9.17, 15) is 0 Å². The molecule has 0 spiro atoms. The number of hydrogen-bond donors (Lipinski definition) is 0. The maximum absolute atomic E-state index is 7.39. The second kappa shape index (κ2) is 19.3. The highest BCUT2D eigenvalue weighted by Gasteiger charge is 2.52. The quantitative estimate of drug-likeness (QED) is 0.0567. The molecule has 5 heterocycles. The van der Waals surface area contributed by atoms with Gasteiger partial charge < -0.3 is 60.6 Å². The molecule has 5 fully saturated rings. The molecule has 0 N–H and O–H groups in total. The van der Waals surface area contributed by atoms with Crippen LogP contribution in [0.5, 0.6) is 0 Å². The normalized spacial score (nSPS) is 29.6. The van der Waals surface area contributed by atoms with E-state index in [0.717, 1.165) is 45.9 Å². The number of ether oxygens (including phenoxy) is 10. The molecule has 5 rings (SSSR count). The third-order valence-corrected chi connectivity index (χ3v) is 12.5. The van der Waals surface area contributed by atoms with Crippen LogP contribution in [0, 0.1) is 0 Å². The zero-order chi connectivity index (χ0) is 32.8. The van der Waals surface area contributed by atoms with E-state index in [1.807, 2.05) is 0 Å². The van der Waals surface area contributed by atoms with E-state index in [4.69, 9.17) is 60.6 Å². The second-order valence-electron chi connectivity index (χ2n) is 13.5. The molecule has 0 amide bonds. The van der Waals surface area contributed by atoms with Crippen molar-refractivity contribution >= 4 is 8.80 Å². The van der Waals surface area contributed by atoms with E-state index in [2.05, 4.69) is 13.8 Å². The van der Waals surface area contributed by atoms with Gasteiger partial charge in [-0.1, -0.05) is 20.3 Å². The van der Waals surface area contributed by atoms with Crippen molar-refractivity contribution in [1.82, 2.24) is 0 Å². The Hall–Kier alpha value is -0.303. The van der Waals surface area contributed by atoms with Crippen molar-refractivity contribution < 1.29 is 60.6 Å². The first-order valence-corrected chi connectivity index (χ1v) is 19.8. The second-order valence-corrected chi connectivity index (χ2v) is 16.1. The van der Waals surface area contributed by atoms with Gasteiger partial charge in [-0.15, -0.1) is 0 Å². The molecule has 0 aromatic heterocycles. The molecule has 0 radical (unpaired) electrons. The zero-order valence-electron chi connectivity index (χ0n) is 29.0. The molecule has 6 unspecified atom stereocenters. The van der Waals surface area contributed by atoms with Crippen LogP contribution >= 0.6 is 0 Å². The van der Waals surface area contributed by atoms with Crippen molar-refractivity contribution in [1.29, 1.82) is 0 Å². The third kappa shape index (κ3) is 14.8. The maximum atomic E-state index is 7.39. The fourth-order valence-electron chi connectivity index (χ4n) is 5.64. The molecule has 274 valence electrons.